The fraction of sp³-hybridized carbons (Fsp3) is 1.00. The molecule has 1 saturated heterocycles. The molecule has 0 aromatic heterocycles. The van der Waals surface area contributed by atoms with E-state index < -0.39 is 9.84 Å². The van der Waals surface area contributed by atoms with Crippen LogP contribution in [0.5, 0.6) is 0 Å². The summed E-state index contributed by atoms with van der Waals surface area (Å²) in [6.45, 7) is 4.71. The van der Waals surface area contributed by atoms with E-state index in [1.165, 1.54) is 12.7 Å². The summed E-state index contributed by atoms with van der Waals surface area (Å²) in [5.41, 5.74) is 0. The van der Waals surface area contributed by atoms with Gasteiger partial charge in [-0.05, 0) is 38.1 Å². The number of hydrogen-bond acceptors (Lipinski definition) is 4. The fourth-order valence-electron chi connectivity index (χ4n) is 2.42. The highest BCUT2D eigenvalue weighted by Gasteiger charge is 2.23. The molecule has 0 aromatic rings. The minimum absolute atomic E-state index is 0.294. The van der Waals surface area contributed by atoms with Gasteiger partial charge in [0.25, 0.3) is 0 Å². The molecule has 4 nitrogen and oxygen atoms in total. The summed E-state index contributed by atoms with van der Waals surface area (Å²) in [7, 11) is -2.82. The monoisotopic (exact) mass is 263 g/mol. The second-order valence-electron chi connectivity index (χ2n) is 4.91. The molecule has 2 atom stereocenters. The topological polar surface area (TPSA) is 55.4 Å². The van der Waals surface area contributed by atoms with E-state index in [1.807, 2.05) is 0 Å². The standard InChI is InChI=1S/C12H25NO3S/c1-3-13-12(7-5-9-17(2,14)15)11-6-4-8-16-10-11/h11-13H,3-10H2,1-2H3. The SMILES string of the molecule is CCNC(CCCS(C)(=O)=O)C1CCCOC1. The molecule has 0 saturated carbocycles. The van der Waals surface area contributed by atoms with E-state index in [2.05, 4.69) is 12.2 Å². The molecule has 0 bridgehead atoms. The van der Waals surface area contributed by atoms with Crippen LogP contribution in [0.25, 0.3) is 0 Å². The number of sulfone groups is 1. The Bertz CT molecular complexity index is 297. The Morgan fingerprint density at radius 3 is 2.76 bits per heavy atom. The van der Waals surface area contributed by atoms with Crippen LogP contribution in [0.15, 0.2) is 0 Å². The van der Waals surface area contributed by atoms with Gasteiger partial charge < -0.3 is 10.1 Å². The molecule has 0 aromatic carbocycles. The molecule has 1 aliphatic rings. The lowest BCUT2D eigenvalue weighted by Crippen LogP contribution is -2.40. The molecule has 0 radical (unpaired) electrons. The van der Waals surface area contributed by atoms with Crippen molar-refractivity contribution in [2.75, 3.05) is 31.8 Å². The van der Waals surface area contributed by atoms with Crippen molar-refractivity contribution in [3.63, 3.8) is 0 Å². The van der Waals surface area contributed by atoms with E-state index in [-0.39, 0.29) is 0 Å². The van der Waals surface area contributed by atoms with Crippen LogP contribution in [-0.4, -0.2) is 46.2 Å². The van der Waals surface area contributed by atoms with Crippen LogP contribution in [-0.2, 0) is 14.6 Å². The first-order valence-electron chi connectivity index (χ1n) is 6.52. The Morgan fingerprint density at radius 1 is 1.47 bits per heavy atom. The van der Waals surface area contributed by atoms with Crippen LogP contribution in [0.2, 0.25) is 0 Å². The van der Waals surface area contributed by atoms with Gasteiger partial charge in [-0.1, -0.05) is 6.92 Å². The van der Waals surface area contributed by atoms with Gasteiger partial charge in [-0.2, -0.15) is 0 Å². The Kier molecular flexibility index (Phi) is 6.44. The normalized spacial score (nSPS) is 23.5. The van der Waals surface area contributed by atoms with E-state index in [0.717, 1.165) is 39.0 Å². The molecule has 1 aliphatic heterocycles. The van der Waals surface area contributed by atoms with E-state index >= 15 is 0 Å². The fourth-order valence-corrected chi connectivity index (χ4v) is 3.11. The minimum Gasteiger partial charge on any atom is -0.381 e. The van der Waals surface area contributed by atoms with Gasteiger partial charge in [0.15, 0.2) is 0 Å². The Labute approximate surface area is 105 Å². The predicted octanol–water partition coefficient (Wildman–Crippen LogP) is 1.22. The summed E-state index contributed by atoms with van der Waals surface area (Å²) in [5, 5.41) is 3.46. The largest absolute Gasteiger partial charge is 0.381 e. The molecule has 1 N–H and O–H groups in total. The van der Waals surface area contributed by atoms with E-state index in [0.29, 0.717) is 17.7 Å². The molecule has 0 amide bonds. The Hall–Kier alpha value is -0.130. The average Bonchev–Trinajstić information content (AvgIpc) is 2.27. The van der Waals surface area contributed by atoms with Crippen molar-refractivity contribution in [1.82, 2.24) is 5.32 Å². The molecular formula is C12H25NO3S. The Balaban J connectivity index is 2.36. The van der Waals surface area contributed by atoms with Gasteiger partial charge in [-0.3, -0.25) is 0 Å². The van der Waals surface area contributed by atoms with E-state index in [9.17, 15) is 8.42 Å². The predicted molar refractivity (Wildman–Crippen MR) is 70.0 cm³/mol. The molecule has 0 aliphatic carbocycles. The van der Waals surface area contributed by atoms with Crippen molar-refractivity contribution in [2.24, 2.45) is 5.92 Å². The van der Waals surface area contributed by atoms with Gasteiger partial charge in [0.2, 0.25) is 0 Å². The maximum absolute atomic E-state index is 11.1. The van der Waals surface area contributed by atoms with Crippen molar-refractivity contribution in [1.29, 1.82) is 0 Å². The average molecular weight is 263 g/mol. The first-order valence-corrected chi connectivity index (χ1v) is 8.58. The number of nitrogens with one attached hydrogen (secondary N) is 1. The van der Waals surface area contributed by atoms with Crippen LogP contribution in [0.1, 0.15) is 32.6 Å². The van der Waals surface area contributed by atoms with Crippen LogP contribution < -0.4 is 5.32 Å². The molecule has 0 spiro atoms. The summed E-state index contributed by atoms with van der Waals surface area (Å²) >= 11 is 0. The highest BCUT2D eigenvalue weighted by atomic mass is 32.2. The summed E-state index contributed by atoms with van der Waals surface area (Å²) < 4.78 is 27.7. The van der Waals surface area contributed by atoms with Crippen molar-refractivity contribution in [3.8, 4) is 0 Å². The second-order valence-corrected chi connectivity index (χ2v) is 7.17. The maximum atomic E-state index is 11.1. The summed E-state index contributed by atoms with van der Waals surface area (Å²) in [6.07, 6.45) is 5.29. The molecule has 102 valence electrons. The van der Waals surface area contributed by atoms with Gasteiger partial charge in [0, 0.05) is 24.7 Å². The van der Waals surface area contributed by atoms with Crippen LogP contribution in [0.4, 0.5) is 0 Å². The third-order valence-corrected chi connectivity index (χ3v) is 4.29. The van der Waals surface area contributed by atoms with Gasteiger partial charge in [-0.25, -0.2) is 8.42 Å². The maximum Gasteiger partial charge on any atom is 0.147 e. The quantitative estimate of drug-likeness (QED) is 0.750. The lowest BCUT2D eigenvalue weighted by atomic mass is 9.91. The van der Waals surface area contributed by atoms with Crippen molar-refractivity contribution in [3.05, 3.63) is 0 Å². The summed E-state index contributed by atoms with van der Waals surface area (Å²) in [4.78, 5) is 0. The molecule has 2 unspecified atom stereocenters. The molecule has 17 heavy (non-hydrogen) atoms. The first kappa shape index (κ1) is 14.9. The summed E-state index contributed by atoms with van der Waals surface area (Å²) in [6, 6.07) is 0.405. The zero-order valence-electron chi connectivity index (χ0n) is 10.9. The minimum atomic E-state index is -2.82. The van der Waals surface area contributed by atoms with Gasteiger partial charge in [-0.15, -0.1) is 0 Å². The van der Waals surface area contributed by atoms with Crippen LogP contribution >= 0.6 is 0 Å². The van der Waals surface area contributed by atoms with Gasteiger partial charge >= 0.3 is 0 Å². The molecule has 1 heterocycles. The molecule has 5 heteroatoms. The van der Waals surface area contributed by atoms with Crippen LogP contribution in [0.3, 0.4) is 0 Å². The van der Waals surface area contributed by atoms with Gasteiger partial charge in [0.05, 0.1) is 6.61 Å². The van der Waals surface area contributed by atoms with Crippen molar-refractivity contribution >= 4 is 9.84 Å². The lowest BCUT2D eigenvalue weighted by molar-refractivity contribution is 0.0381. The molecular weight excluding hydrogens is 238 g/mol. The number of ether oxygens (including phenoxy) is 1. The summed E-state index contributed by atoms with van der Waals surface area (Å²) in [5.74, 6) is 0.839. The van der Waals surface area contributed by atoms with Crippen molar-refractivity contribution < 1.29 is 13.2 Å². The number of rotatable bonds is 7. The third-order valence-electron chi connectivity index (χ3n) is 3.26. The van der Waals surface area contributed by atoms with Crippen LogP contribution in [0, 0.1) is 5.92 Å². The highest BCUT2D eigenvalue weighted by Crippen LogP contribution is 2.20. The molecule has 1 rings (SSSR count). The third kappa shape index (κ3) is 6.38. The van der Waals surface area contributed by atoms with E-state index in [4.69, 9.17) is 4.74 Å². The first-order chi connectivity index (χ1) is 8.03. The highest BCUT2D eigenvalue weighted by molar-refractivity contribution is 7.90. The van der Waals surface area contributed by atoms with Crippen molar-refractivity contribution in [2.45, 2.75) is 38.6 Å². The molecule has 1 fully saturated rings. The van der Waals surface area contributed by atoms with Gasteiger partial charge in [0.1, 0.15) is 9.84 Å². The lowest BCUT2D eigenvalue weighted by Gasteiger charge is -2.30. The zero-order valence-corrected chi connectivity index (χ0v) is 11.8. The number of hydrogen-bond donors (Lipinski definition) is 1. The Morgan fingerprint density at radius 2 is 2.24 bits per heavy atom. The smallest absolute Gasteiger partial charge is 0.147 e. The second kappa shape index (κ2) is 7.34. The van der Waals surface area contributed by atoms with E-state index in [1.54, 1.807) is 0 Å². The zero-order chi connectivity index (χ0) is 12.7.